The predicted molar refractivity (Wildman–Crippen MR) is 121 cm³/mol. The van der Waals surface area contributed by atoms with Crippen LogP contribution in [0.4, 0.5) is 0 Å². The molecule has 30 heavy (non-hydrogen) atoms. The van der Waals surface area contributed by atoms with Crippen LogP contribution in [0.2, 0.25) is 0 Å². The molecule has 0 radical (unpaired) electrons. The Morgan fingerprint density at radius 3 is 2.57 bits per heavy atom. The number of aromatic nitrogens is 1. The molecule has 0 saturated heterocycles. The van der Waals surface area contributed by atoms with Crippen LogP contribution in [0.1, 0.15) is 79.7 Å². The number of aliphatic hydroxyl groups is 1. The van der Waals surface area contributed by atoms with E-state index in [1.165, 1.54) is 0 Å². The summed E-state index contributed by atoms with van der Waals surface area (Å²) in [5, 5.41) is 11.8. The van der Waals surface area contributed by atoms with E-state index in [9.17, 15) is 9.59 Å². The summed E-state index contributed by atoms with van der Waals surface area (Å²) in [6.07, 6.45) is 6.49. The van der Waals surface area contributed by atoms with Crippen LogP contribution >= 0.6 is 11.5 Å². The number of unbranched alkanes of at least 4 members (excludes halogenated alkanes) is 1. The van der Waals surface area contributed by atoms with E-state index in [1.807, 2.05) is 20.8 Å². The largest absolute Gasteiger partial charge is 0.395 e. The minimum atomic E-state index is -0.663. The summed E-state index contributed by atoms with van der Waals surface area (Å²) < 4.78 is 2.98. The molecule has 170 valence electrons. The molecule has 6 nitrogen and oxygen atoms in total. The number of rotatable bonds is 7. The first-order chi connectivity index (χ1) is 13.9. The maximum Gasteiger partial charge on any atom is 0.250 e. The Labute approximate surface area is 184 Å². The maximum absolute atomic E-state index is 13.3. The highest BCUT2D eigenvalue weighted by Gasteiger charge is 2.57. The molecule has 2 rings (SSSR count). The molecule has 1 aromatic rings. The Morgan fingerprint density at radius 2 is 2.00 bits per heavy atom. The third kappa shape index (κ3) is 4.88. The van der Waals surface area contributed by atoms with Crippen LogP contribution in [0.3, 0.4) is 0 Å². The van der Waals surface area contributed by atoms with Crippen molar-refractivity contribution in [3.8, 4) is 0 Å². The molecule has 0 bridgehead atoms. The fraction of sp³-hybridized carbons (Fsp3) is 0.783. The smallest absolute Gasteiger partial charge is 0.250 e. The van der Waals surface area contributed by atoms with Gasteiger partial charge in [-0.05, 0) is 63.4 Å². The summed E-state index contributed by atoms with van der Waals surface area (Å²) in [7, 11) is 0. The van der Waals surface area contributed by atoms with Gasteiger partial charge in [0, 0.05) is 29.8 Å². The molecule has 7 heteroatoms. The first-order valence-corrected chi connectivity index (χ1v) is 11.9. The van der Waals surface area contributed by atoms with Gasteiger partial charge in [0.25, 0.3) is 5.91 Å². The summed E-state index contributed by atoms with van der Waals surface area (Å²) in [5.74, 6) is -0.520. The molecule has 1 fully saturated rings. The molecular formula is C23H39N3O3S. The van der Waals surface area contributed by atoms with Crippen LogP contribution < -0.4 is 9.99 Å². The lowest BCUT2D eigenvalue weighted by Gasteiger charge is -2.39. The molecular weight excluding hydrogens is 398 g/mol. The highest BCUT2D eigenvalue weighted by atomic mass is 32.1. The third-order valence-electron chi connectivity index (χ3n) is 6.83. The van der Waals surface area contributed by atoms with Gasteiger partial charge in [0.15, 0.2) is 0 Å². The summed E-state index contributed by atoms with van der Waals surface area (Å²) in [6, 6.07) is 0. The van der Waals surface area contributed by atoms with Crippen molar-refractivity contribution < 1.29 is 14.7 Å². The summed E-state index contributed by atoms with van der Waals surface area (Å²) in [4.78, 5) is 30.7. The summed E-state index contributed by atoms with van der Waals surface area (Å²) in [5.41, 5.74) is -0.111. The standard InChI is InChI=1S/C23H39N3O3S/c1-8-9-10-16-15-26(21(2,3)4)30-19(16)25-18(28)17-11-12-23(7,22(17,5)6)20(29)24-13-14-27/h15,17,27H,8-14H2,1-7H3,(H,24,29)/b25-19-/t17-,23+/m1/s1. The molecule has 0 aromatic carbocycles. The Hall–Kier alpha value is -1.47. The number of carbonyl (C=O) groups excluding carboxylic acids is 2. The maximum atomic E-state index is 13.3. The van der Waals surface area contributed by atoms with Crippen molar-refractivity contribution in [3.05, 3.63) is 16.4 Å². The molecule has 1 aromatic heterocycles. The normalized spacial score (nSPS) is 24.3. The van der Waals surface area contributed by atoms with E-state index in [-0.39, 0.29) is 36.4 Å². The highest BCUT2D eigenvalue weighted by Crippen LogP contribution is 2.56. The van der Waals surface area contributed by atoms with Gasteiger partial charge in [0.05, 0.1) is 12.0 Å². The van der Waals surface area contributed by atoms with E-state index in [4.69, 9.17) is 5.11 Å². The molecule has 1 saturated carbocycles. The molecule has 2 atom stereocenters. The van der Waals surface area contributed by atoms with Crippen LogP contribution in [0.15, 0.2) is 11.2 Å². The van der Waals surface area contributed by atoms with E-state index in [0.29, 0.717) is 12.8 Å². The van der Waals surface area contributed by atoms with Crippen LogP contribution in [0.5, 0.6) is 0 Å². The SMILES string of the molecule is CCCCc1cn(C(C)(C)C)s/c1=N\C(=O)[C@H]1CC[C@@](C)(C(=O)NCCO)C1(C)C. The van der Waals surface area contributed by atoms with E-state index in [1.54, 1.807) is 11.5 Å². The van der Waals surface area contributed by atoms with Crippen molar-refractivity contribution in [2.75, 3.05) is 13.2 Å². The second-order valence-corrected chi connectivity index (χ2v) is 11.2. The number of aliphatic hydroxyl groups excluding tert-OH is 1. The number of hydrogen-bond donors (Lipinski definition) is 2. The predicted octanol–water partition coefficient (Wildman–Crippen LogP) is 3.63. The van der Waals surface area contributed by atoms with Crippen molar-refractivity contribution in [2.45, 2.75) is 86.1 Å². The Morgan fingerprint density at radius 1 is 1.33 bits per heavy atom. The second-order valence-electron chi connectivity index (χ2n) is 10.2. The lowest BCUT2D eigenvalue weighted by molar-refractivity contribution is -0.138. The number of aryl methyl sites for hydroxylation is 1. The zero-order valence-corrected chi connectivity index (χ0v) is 20.5. The lowest BCUT2D eigenvalue weighted by atomic mass is 9.65. The van der Waals surface area contributed by atoms with Crippen molar-refractivity contribution >= 4 is 23.3 Å². The fourth-order valence-corrected chi connectivity index (χ4v) is 5.26. The number of nitrogens with zero attached hydrogens (tertiary/aromatic N) is 2. The molecule has 1 aliphatic carbocycles. The van der Waals surface area contributed by atoms with Crippen molar-refractivity contribution in [1.29, 1.82) is 0 Å². The molecule has 0 unspecified atom stereocenters. The average Bonchev–Trinajstić information content (AvgIpc) is 3.16. The molecule has 1 aliphatic rings. The quantitative estimate of drug-likeness (QED) is 0.683. The van der Waals surface area contributed by atoms with Gasteiger partial charge in [-0.3, -0.25) is 13.5 Å². The average molecular weight is 438 g/mol. The van der Waals surface area contributed by atoms with E-state index >= 15 is 0 Å². The summed E-state index contributed by atoms with van der Waals surface area (Å²) >= 11 is 1.54. The number of amides is 2. The van der Waals surface area contributed by atoms with Gasteiger partial charge in [0.2, 0.25) is 5.91 Å². The minimum Gasteiger partial charge on any atom is -0.395 e. The number of nitrogens with one attached hydrogen (secondary N) is 1. The van der Waals surface area contributed by atoms with Crippen LogP contribution in [-0.4, -0.2) is 34.0 Å². The van der Waals surface area contributed by atoms with Gasteiger partial charge < -0.3 is 10.4 Å². The zero-order valence-electron chi connectivity index (χ0n) is 19.7. The molecule has 1 heterocycles. The number of hydrogen-bond acceptors (Lipinski definition) is 4. The van der Waals surface area contributed by atoms with Crippen molar-refractivity contribution in [1.82, 2.24) is 9.27 Å². The molecule has 0 aliphatic heterocycles. The van der Waals surface area contributed by atoms with E-state index in [0.717, 1.165) is 29.5 Å². The van der Waals surface area contributed by atoms with Gasteiger partial charge in [0.1, 0.15) is 4.67 Å². The Bertz CT molecular complexity index is 831. The second kappa shape index (κ2) is 9.35. The molecule has 2 amide bonds. The van der Waals surface area contributed by atoms with E-state index < -0.39 is 10.8 Å². The highest BCUT2D eigenvalue weighted by molar-refractivity contribution is 7.04. The fourth-order valence-electron chi connectivity index (χ4n) is 4.22. The first kappa shape index (κ1) is 24.8. The lowest BCUT2D eigenvalue weighted by Crippen LogP contribution is -2.48. The molecule has 2 N–H and O–H groups in total. The Balaban J connectivity index is 2.36. The van der Waals surface area contributed by atoms with E-state index in [2.05, 4.69) is 48.2 Å². The minimum absolute atomic E-state index is 0.0571. The zero-order chi connectivity index (χ0) is 22.7. The summed E-state index contributed by atoms with van der Waals surface area (Å²) in [6.45, 7) is 14.7. The van der Waals surface area contributed by atoms with Gasteiger partial charge in [-0.2, -0.15) is 0 Å². The van der Waals surface area contributed by atoms with Crippen LogP contribution in [-0.2, 0) is 21.5 Å². The van der Waals surface area contributed by atoms with Gasteiger partial charge >= 0.3 is 0 Å². The van der Waals surface area contributed by atoms with Gasteiger partial charge in [-0.25, -0.2) is 4.99 Å². The van der Waals surface area contributed by atoms with Crippen LogP contribution in [0.25, 0.3) is 0 Å². The third-order valence-corrected chi connectivity index (χ3v) is 8.20. The monoisotopic (exact) mass is 437 g/mol. The van der Waals surface area contributed by atoms with Crippen molar-refractivity contribution in [2.24, 2.45) is 21.7 Å². The topological polar surface area (TPSA) is 83.7 Å². The van der Waals surface area contributed by atoms with Crippen LogP contribution in [0, 0.1) is 16.7 Å². The number of carbonyl (C=O) groups is 2. The van der Waals surface area contributed by atoms with Crippen molar-refractivity contribution in [3.63, 3.8) is 0 Å². The Kier molecular flexibility index (Phi) is 7.73. The molecule has 0 spiro atoms. The first-order valence-electron chi connectivity index (χ1n) is 11.1. The van der Waals surface area contributed by atoms with Gasteiger partial charge in [-0.1, -0.05) is 34.1 Å². The van der Waals surface area contributed by atoms with Gasteiger partial charge in [-0.15, -0.1) is 0 Å².